The van der Waals surface area contributed by atoms with Crippen molar-refractivity contribution < 1.29 is 5.11 Å². The molecule has 0 radical (unpaired) electrons. The first-order valence-electron chi connectivity index (χ1n) is 3.85. The van der Waals surface area contributed by atoms with E-state index in [1.54, 1.807) is 0 Å². The van der Waals surface area contributed by atoms with E-state index in [0.29, 0.717) is 5.92 Å². The average Bonchev–Trinajstić information content (AvgIpc) is 1.77. The third-order valence-corrected chi connectivity index (χ3v) is 2.63. The van der Waals surface area contributed by atoms with Gasteiger partial charge in [0.1, 0.15) is 0 Å². The maximum atomic E-state index is 9.64. The molecule has 0 spiro atoms. The molecule has 2 heteroatoms. The highest BCUT2D eigenvalue weighted by atomic mass is 27.0. The van der Waals surface area contributed by atoms with Crippen LogP contribution in [0, 0.1) is 5.92 Å². The molecule has 60 valence electrons. The molecule has 1 nitrogen and oxygen atoms in total. The van der Waals surface area contributed by atoms with Crippen LogP contribution in [0.15, 0.2) is 0 Å². The predicted molar refractivity (Wildman–Crippen MR) is 48.2 cm³/mol. The van der Waals surface area contributed by atoms with Crippen molar-refractivity contribution in [2.45, 2.75) is 45.1 Å². The zero-order chi connectivity index (χ0) is 6.91. The molecule has 0 heterocycles. The highest BCUT2D eigenvalue weighted by molar-refractivity contribution is 5.75. The molecule has 1 aliphatic rings. The van der Waals surface area contributed by atoms with Crippen LogP contribution < -0.4 is 0 Å². The van der Waals surface area contributed by atoms with Gasteiger partial charge in [-0.2, -0.15) is 0 Å². The SMILES string of the molecule is CC1CCCCC1(C)O.[AlH3]. The molecule has 2 unspecified atom stereocenters. The van der Waals surface area contributed by atoms with E-state index in [9.17, 15) is 5.11 Å². The second kappa shape index (κ2) is 3.76. The summed E-state index contributed by atoms with van der Waals surface area (Å²) in [7, 11) is 0. The van der Waals surface area contributed by atoms with Gasteiger partial charge in [0.15, 0.2) is 17.4 Å². The van der Waals surface area contributed by atoms with E-state index in [-0.39, 0.29) is 23.0 Å². The summed E-state index contributed by atoms with van der Waals surface area (Å²) in [5.41, 5.74) is -0.363. The Morgan fingerprint density at radius 1 is 1.40 bits per heavy atom. The number of hydrogen-bond acceptors (Lipinski definition) is 1. The van der Waals surface area contributed by atoms with Crippen LogP contribution >= 0.6 is 0 Å². The lowest BCUT2D eigenvalue weighted by molar-refractivity contribution is -0.0239. The van der Waals surface area contributed by atoms with Crippen LogP contribution in [-0.4, -0.2) is 28.1 Å². The van der Waals surface area contributed by atoms with E-state index >= 15 is 0 Å². The zero-order valence-corrected chi connectivity index (χ0v) is 6.35. The van der Waals surface area contributed by atoms with Crippen LogP contribution in [0.4, 0.5) is 0 Å². The van der Waals surface area contributed by atoms with Gasteiger partial charge in [0.2, 0.25) is 0 Å². The lowest BCUT2D eigenvalue weighted by atomic mass is 9.78. The maximum Gasteiger partial charge on any atom is 0.187 e. The molecule has 0 aromatic carbocycles. The molecule has 0 aliphatic heterocycles. The largest absolute Gasteiger partial charge is 0.390 e. The summed E-state index contributed by atoms with van der Waals surface area (Å²) in [6, 6.07) is 0. The predicted octanol–water partition coefficient (Wildman–Crippen LogP) is 0.764. The fourth-order valence-corrected chi connectivity index (χ4v) is 1.49. The first-order chi connectivity index (χ1) is 4.13. The standard InChI is InChI=1S/C8H16O.Al.3H/c1-7-5-3-4-6-8(7,2)9;;;;/h7,9H,3-6H2,1-2H3;;;;. The number of rotatable bonds is 0. The fourth-order valence-electron chi connectivity index (χ4n) is 1.49. The van der Waals surface area contributed by atoms with E-state index in [0.717, 1.165) is 6.42 Å². The quantitative estimate of drug-likeness (QED) is 0.516. The Hall–Kier alpha value is 0.492. The van der Waals surface area contributed by atoms with Gasteiger partial charge in [-0.25, -0.2) is 0 Å². The highest BCUT2D eigenvalue weighted by Gasteiger charge is 2.30. The minimum Gasteiger partial charge on any atom is -0.390 e. The Bertz CT molecular complexity index is 101. The molecule has 2 atom stereocenters. The van der Waals surface area contributed by atoms with Gasteiger partial charge in [-0.05, 0) is 25.7 Å². The first kappa shape index (κ1) is 10.5. The van der Waals surface area contributed by atoms with Gasteiger partial charge >= 0.3 is 0 Å². The minimum atomic E-state index is -0.363. The van der Waals surface area contributed by atoms with E-state index in [1.807, 2.05) is 6.92 Å². The van der Waals surface area contributed by atoms with Gasteiger partial charge in [0.25, 0.3) is 0 Å². The molecule has 10 heavy (non-hydrogen) atoms. The molecule has 0 bridgehead atoms. The van der Waals surface area contributed by atoms with Crippen molar-refractivity contribution in [3.63, 3.8) is 0 Å². The van der Waals surface area contributed by atoms with Crippen LogP contribution in [0.2, 0.25) is 0 Å². The molecule has 0 amide bonds. The summed E-state index contributed by atoms with van der Waals surface area (Å²) >= 11 is 0. The van der Waals surface area contributed by atoms with Gasteiger partial charge in [0.05, 0.1) is 5.60 Å². The molecule has 1 fully saturated rings. The topological polar surface area (TPSA) is 20.2 Å². The van der Waals surface area contributed by atoms with E-state index < -0.39 is 0 Å². The van der Waals surface area contributed by atoms with Gasteiger partial charge in [-0.1, -0.05) is 19.8 Å². The summed E-state index contributed by atoms with van der Waals surface area (Å²) in [6.45, 7) is 4.09. The second-order valence-electron chi connectivity index (χ2n) is 3.50. The summed E-state index contributed by atoms with van der Waals surface area (Å²) in [4.78, 5) is 0. The first-order valence-corrected chi connectivity index (χ1v) is 3.85. The summed E-state index contributed by atoms with van der Waals surface area (Å²) in [5, 5.41) is 9.64. The van der Waals surface area contributed by atoms with Crippen molar-refractivity contribution in [3.05, 3.63) is 0 Å². The highest BCUT2D eigenvalue weighted by Crippen LogP contribution is 2.32. The zero-order valence-electron chi connectivity index (χ0n) is 6.35. The van der Waals surface area contributed by atoms with Crippen molar-refractivity contribution >= 4 is 17.4 Å². The summed E-state index contributed by atoms with van der Waals surface area (Å²) in [5.74, 6) is 0.506. The Morgan fingerprint density at radius 2 is 2.00 bits per heavy atom. The molecule has 1 saturated carbocycles. The minimum absolute atomic E-state index is 0. The normalized spacial score (nSPS) is 40.5. The average molecular weight is 158 g/mol. The Labute approximate surface area is 74.0 Å². The lowest BCUT2D eigenvalue weighted by Gasteiger charge is -2.34. The lowest BCUT2D eigenvalue weighted by Crippen LogP contribution is -2.35. The van der Waals surface area contributed by atoms with Crippen LogP contribution in [0.5, 0.6) is 0 Å². The van der Waals surface area contributed by atoms with Gasteiger partial charge in [-0.3, -0.25) is 0 Å². The van der Waals surface area contributed by atoms with Crippen LogP contribution in [0.3, 0.4) is 0 Å². The number of aliphatic hydroxyl groups is 1. The molecule has 0 aromatic rings. The monoisotopic (exact) mass is 158 g/mol. The van der Waals surface area contributed by atoms with Crippen molar-refractivity contribution in [1.29, 1.82) is 0 Å². The molecular weight excluding hydrogens is 139 g/mol. The summed E-state index contributed by atoms with van der Waals surface area (Å²) < 4.78 is 0. The van der Waals surface area contributed by atoms with E-state index in [1.165, 1.54) is 19.3 Å². The molecule has 1 N–H and O–H groups in total. The van der Waals surface area contributed by atoms with Crippen LogP contribution in [0.1, 0.15) is 39.5 Å². The number of hydrogen-bond donors (Lipinski definition) is 1. The molecule has 0 aromatic heterocycles. The Balaban J connectivity index is 0.000000810. The molecule has 0 saturated heterocycles. The van der Waals surface area contributed by atoms with Crippen molar-refractivity contribution in [3.8, 4) is 0 Å². The van der Waals surface area contributed by atoms with Crippen LogP contribution in [0.25, 0.3) is 0 Å². The molecule has 1 rings (SSSR count). The van der Waals surface area contributed by atoms with Gasteiger partial charge in [0, 0.05) is 0 Å². The van der Waals surface area contributed by atoms with Crippen molar-refractivity contribution in [1.82, 2.24) is 0 Å². The smallest absolute Gasteiger partial charge is 0.187 e. The second-order valence-corrected chi connectivity index (χ2v) is 3.50. The Kier molecular flexibility index (Phi) is 3.95. The summed E-state index contributed by atoms with van der Waals surface area (Å²) in [6.07, 6.45) is 4.70. The third-order valence-electron chi connectivity index (χ3n) is 2.63. The Morgan fingerprint density at radius 3 is 2.30 bits per heavy atom. The van der Waals surface area contributed by atoms with Gasteiger partial charge < -0.3 is 5.11 Å². The maximum absolute atomic E-state index is 9.64. The fraction of sp³-hybridized carbons (Fsp3) is 1.00. The molecular formula is C8H19AlO. The van der Waals surface area contributed by atoms with Crippen molar-refractivity contribution in [2.24, 2.45) is 5.92 Å². The molecule has 1 aliphatic carbocycles. The van der Waals surface area contributed by atoms with Gasteiger partial charge in [-0.15, -0.1) is 0 Å². The van der Waals surface area contributed by atoms with E-state index in [2.05, 4.69) is 6.92 Å². The van der Waals surface area contributed by atoms with E-state index in [4.69, 9.17) is 0 Å². The van der Waals surface area contributed by atoms with Crippen molar-refractivity contribution in [2.75, 3.05) is 0 Å². The van der Waals surface area contributed by atoms with Crippen LogP contribution in [-0.2, 0) is 0 Å². The third kappa shape index (κ3) is 2.27.